The first kappa shape index (κ1) is 40.1. The molecule has 0 saturated heterocycles. The zero-order valence-electron chi connectivity index (χ0n) is 31.9. The zero-order chi connectivity index (χ0) is 41.7. The van der Waals surface area contributed by atoms with Gasteiger partial charge in [0.15, 0.2) is 0 Å². The molecular weight excluding hydrogens is 873 g/mol. The number of H-pyrrole nitrogens is 1. The SMILES string of the molecule is O=C(O)c1ccc(-c2c(-c3ccc(C(=O)O)cc3)c3c(-c4ccc(C(=O)O)cc4)c4nc(cc5ccc(cc6nc(cc2n3-c2ccc(C(=O)O)cc2)C=C6)[nH]5)C=C4)cc1.[Cd]. The van der Waals surface area contributed by atoms with Crippen LogP contribution in [0.1, 0.15) is 64.2 Å². The predicted molar refractivity (Wildman–Crippen MR) is 228 cm³/mol. The largest absolute Gasteiger partial charge is 0.478 e. The maximum absolute atomic E-state index is 12.1. The Bertz CT molecular complexity index is 3180. The number of hydrogen-bond acceptors (Lipinski definition) is 6. The number of carboxylic acids is 4. The van der Waals surface area contributed by atoms with Crippen LogP contribution in [0.2, 0.25) is 0 Å². The first-order chi connectivity index (χ1) is 29.0. The molecule has 3 aromatic heterocycles. The Balaban J connectivity index is 0.00000514. The first-order valence-corrected chi connectivity index (χ1v) is 18.5. The van der Waals surface area contributed by atoms with Gasteiger partial charge in [0.05, 0.1) is 56.1 Å². The topological polar surface area (TPSA) is 196 Å². The van der Waals surface area contributed by atoms with Crippen LogP contribution >= 0.6 is 0 Å². The first-order valence-electron chi connectivity index (χ1n) is 18.5. The molecule has 0 fully saturated rings. The van der Waals surface area contributed by atoms with Crippen molar-refractivity contribution in [2.45, 2.75) is 0 Å². The number of nitrogens with zero attached hydrogens (tertiary/aromatic N) is 3. The third-order valence-electron chi connectivity index (χ3n) is 10.3. The van der Waals surface area contributed by atoms with Crippen LogP contribution in [-0.4, -0.2) is 63.8 Å². The number of carbonyl (C=O) groups is 4. The Morgan fingerprint density at radius 3 is 1.31 bits per heavy atom. The second-order valence-electron chi connectivity index (χ2n) is 14.0. The minimum Gasteiger partial charge on any atom is -0.478 e. The Morgan fingerprint density at radius 2 is 0.836 bits per heavy atom. The molecule has 5 N–H and O–H groups in total. The molecule has 0 aliphatic carbocycles. The smallest absolute Gasteiger partial charge is 0.335 e. The number of fused-ring (bicyclic) bond motifs is 8. The van der Waals surface area contributed by atoms with Crippen molar-refractivity contribution in [1.82, 2.24) is 19.5 Å². The molecule has 8 bridgehead atoms. The molecule has 7 aromatic rings. The van der Waals surface area contributed by atoms with E-state index in [0.29, 0.717) is 72.9 Å². The summed E-state index contributed by atoms with van der Waals surface area (Å²) >= 11 is 0. The van der Waals surface area contributed by atoms with E-state index in [1.54, 1.807) is 48.5 Å². The standard InChI is InChI=1S/C48H30N4O8.Cd/c53-45(54)29-7-1-26(2-8-29)41-39-22-19-36(51-39)24-35-16-15-33(49-35)23-34-17-18-37(50-34)25-40-42(27-3-9-30(10-4-27)46(55)56)43(28-5-11-31(12-6-28)47(57)58)44(41)52(40)38-20-13-32(14-21-38)48(59)60;/h1-25,49H,(H,53,54)(H,55,56)(H,57,58)(H,59,60);. The molecule has 2 aliphatic rings. The van der Waals surface area contributed by atoms with Crippen LogP contribution in [0.4, 0.5) is 0 Å². The van der Waals surface area contributed by atoms with Crippen molar-refractivity contribution < 1.29 is 66.9 Å². The van der Waals surface area contributed by atoms with E-state index in [1.165, 1.54) is 48.5 Å². The summed E-state index contributed by atoms with van der Waals surface area (Å²) in [4.78, 5) is 61.9. The predicted octanol–water partition coefficient (Wildman–Crippen LogP) is 9.91. The fourth-order valence-electron chi connectivity index (χ4n) is 7.51. The number of rotatable bonds is 8. The maximum atomic E-state index is 12.1. The summed E-state index contributed by atoms with van der Waals surface area (Å²) < 4.78 is 1.95. The molecule has 4 aromatic carbocycles. The van der Waals surface area contributed by atoms with E-state index in [9.17, 15) is 39.6 Å². The fraction of sp³-hybridized carbons (Fsp3) is 0. The molecule has 13 heteroatoms. The molecule has 0 amide bonds. The minimum atomic E-state index is -1.12. The van der Waals surface area contributed by atoms with Crippen LogP contribution in [0, 0.1) is 0 Å². The molecule has 9 rings (SSSR count). The minimum absolute atomic E-state index is 0. The van der Waals surface area contributed by atoms with Crippen molar-refractivity contribution in [2.24, 2.45) is 0 Å². The van der Waals surface area contributed by atoms with E-state index in [-0.39, 0.29) is 49.6 Å². The molecule has 0 radical (unpaired) electrons. The third kappa shape index (κ3) is 7.67. The number of carboxylic acid groups (broad SMARTS) is 4. The second-order valence-corrected chi connectivity index (χ2v) is 14.0. The van der Waals surface area contributed by atoms with Crippen molar-refractivity contribution in [3.63, 3.8) is 0 Å². The third-order valence-corrected chi connectivity index (χ3v) is 10.3. The molecule has 61 heavy (non-hydrogen) atoms. The van der Waals surface area contributed by atoms with E-state index >= 15 is 0 Å². The summed E-state index contributed by atoms with van der Waals surface area (Å²) in [6.07, 6.45) is 7.46. The summed E-state index contributed by atoms with van der Waals surface area (Å²) in [5.41, 5.74) is 9.34. The van der Waals surface area contributed by atoms with Crippen LogP contribution < -0.4 is 0 Å². The number of nitrogens with one attached hydrogen (secondary N) is 1. The summed E-state index contributed by atoms with van der Waals surface area (Å²) in [6.45, 7) is 0. The number of aromatic carboxylic acids is 4. The van der Waals surface area contributed by atoms with Crippen molar-refractivity contribution in [2.75, 3.05) is 0 Å². The van der Waals surface area contributed by atoms with Crippen molar-refractivity contribution in [1.29, 1.82) is 0 Å². The number of aromatic nitrogens is 4. The number of aromatic amines is 1. The molecule has 292 valence electrons. The van der Waals surface area contributed by atoms with Gasteiger partial charge in [-0.2, -0.15) is 0 Å². The van der Waals surface area contributed by atoms with Gasteiger partial charge in [-0.15, -0.1) is 0 Å². The Hall–Kier alpha value is -7.72. The quantitative estimate of drug-likeness (QED) is 0.0916. The van der Waals surface area contributed by atoms with Crippen LogP contribution in [0.25, 0.3) is 85.4 Å². The summed E-state index contributed by atoms with van der Waals surface area (Å²) in [5, 5.41) is 39.6. The monoisotopic (exact) mass is 904 g/mol. The van der Waals surface area contributed by atoms with Gasteiger partial charge in [-0.3, -0.25) is 0 Å². The molecular formula is C48H30CdN4O8. The van der Waals surface area contributed by atoms with E-state index in [0.717, 1.165) is 11.0 Å². The van der Waals surface area contributed by atoms with Gasteiger partial charge < -0.3 is 30.0 Å². The van der Waals surface area contributed by atoms with Crippen molar-refractivity contribution in [3.05, 3.63) is 172 Å². The average molecular weight is 903 g/mol. The van der Waals surface area contributed by atoms with Gasteiger partial charge in [-0.1, -0.05) is 36.4 Å². The molecule has 2 aliphatic heterocycles. The fourth-order valence-corrected chi connectivity index (χ4v) is 7.51. The summed E-state index contributed by atoms with van der Waals surface area (Å²) in [7, 11) is 0. The van der Waals surface area contributed by atoms with Crippen molar-refractivity contribution >= 4 is 70.2 Å². The van der Waals surface area contributed by atoms with Gasteiger partial charge in [0.2, 0.25) is 0 Å². The van der Waals surface area contributed by atoms with Crippen molar-refractivity contribution in [3.8, 4) is 39.1 Å². The Labute approximate surface area is 366 Å². The summed E-state index contributed by atoms with van der Waals surface area (Å²) in [6, 6.07) is 35.1. The van der Waals surface area contributed by atoms with Gasteiger partial charge in [0.1, 0.15) is 0 Å². The Morgan fingerprint density at radius 1 is 0.443 bits per heavy atom. The van der Waals surface area contributed by atoms with Crippen LogP contribution in [0.5, 0.6) is 0 Å². The van der Waals surface area contributed by atoms with Crippen LogP contribution in [-0.2, 0) is 27.3 Å². The molecule has 5 heterocycles. The number of benzene rings is 4. The molecule has 0 atom stereocenters. The van der Waals surface area contributed by atoms with Crippen LogP contribution in [0.15, 0.2) is 127 Å². The van der Waals surface area contributed by atoms with Gasteiger partial charge in [-0.25, -0.2) is 29.1 Å². The molecule has 0 unspecified atom stereocenters. The van der Waals surface area contributed by atoms with E-state index < -0.39 is 23.9 Å². The van der Waals surface area contributed by atoms with Gasteiger partial charge in [0.25, 0.3) is 0 Å². The second kappa shape index (κ2) is 16.1. The summed E-state index contributed by atoms with van der Waals surface area (Å²) in [5.74, 6) is -4.45. The Kier molecular flexibility index (Phi) is 10.6. The van der Waals surface area contributed by atoms with E-state index in [2.05, 4.69) is 4.98 Å². The molecule has 12 nitrogen and oxygen atoms in total. The van der Waals surface area contributed by atoms with Gasteiger partial charge >= 0.3 is 23.9 Å². The zero-order valence-corrected chi connectivity index (χ0v) is 35.9. The van der Waals surface area contributed by atoms with E-state index in [4.69, 9.17) is 9.97 Å². The maximum Gasteiger partial charge on any atom is 0.335 e. The average Bonchev–Trinajstić information content (AvgIpc) is 4.06. The van der Waals surface area contributed by atoms with Gasteiger partial charge in [0, 0.05) is 60.7 Å². The molecule has 0 spiro atoms. The van der Waals surface area contributed by atoms with Crippen LogP contribution in [0.3, 0.4) is 0 Å². The molecule has 0 saturated carbocycles. The number of hydrogen-bond donors (Lipinski definition) is 5. The van der Waals surface area contributed by atoms with E-state index in [1.807, 2.05) is 59.2 Å². The van der Waals surface area contributed by atoms with Gasteiger partial charge in [-0.05, 0) is 132 Å². The normalized spacial score (nSPS) is 11.5.